The highest BCUT2D eigenvalue weighted by molar-refractivity contribution is 7.98. The van der Waals surface area contributed by atoms with Crippen LogP contribution in [-0.4, -0.2) is 14.1 Å². The minimum absolute atomic E-state index is 0.00622. The molecule has 0 fully saturated rings. The molecule has 2 aromatic heterocycles. The third kappa shape index (κ3) is 3.85. The van der Waals surface area contributed by atoms with Crippen LogP contribution < -0.4 is 5.56 Å². The molecule has 0 spiro atoms. The molecule has 148 valence electrons. The van der Waals surface area contributed by atoms with Crippen LogP contribution in [0.5, 0.6) is 0 Å². The summed E-state index contributed by atoms with van der Waals surface area (Å²) in [6.07, 6.45) is 1.99. The lowest BCUT2D eigenvalue weighted by Crippen LogP contribution is -2.26. The van der Waals surface area contributed by atoms with E-state index >= 15 is 0 Å². The third-order valence-corrected chi connectivity index (χ3v) is 6.15. The Balaban J connectivity index is 1.85. The fourth-order valence-corrected chi connectivity index (χ4v) is 4.65. The van der Waals surface area contributed by atoms with E-state index in [9.17, 15) is 4.79 Å². The number of hydrogen-bond acceptors (Lipinski definition) is 3. The van der Waals surface area contributed by atoms with Gasteiger partial charge in [-0.3, -0.25) is 9.36 Å². The number of hydrogen-bond donors (Lipinski definition) is 0. The van der Waals surface area contributed by atoms with Crippen molar-refractivity contribution in [2.24, 2.45) is 7.05 Å². The molecule has 29 heavy (non-hydrogen) atoms. The van der Waals surface area contributed by atoms with Crippen molar-refractivity contribution in [2.45, 2.75) is 30.8 Å². The molecule has 0 saturated carbocycles. The summed E-state index contributed by atoms with van der Waals surface area (Å²) in [5, 5.41) is 1.45. The van der Waals surface area contributed by atoms with Gasteiger partial charge in [-0.15, -0.1) is 0 Å². The fraction of sp³-hybridized carbons (Fsp3) is 0.217. The molecule has 4 nitrogen and oxygen atoms in total. The summed E-state index contributed by atoms with van der Waals surface area (Å²) in [4.78, 5) is 18.3. The van der Waals surface area contributed by atoms with Crippen LogP contribution in [0.3, 0.4) is 0 Å². The zero-order valence-corrected chi connectivity index (χ0v) is 18.2. The smallest absolute Gasteiger partial charge is 0.278 e. The Morgan fingerprint density at radius 1 is 1.07 bits per heavy atom. The van der Waals surface area contributed by atoms with Crippen LogP contribution in [-0.2, 0) is 12.8 Å². The molecule has 0 aliphatic carbocycles. The first-order valence-corrected chi connectivity index (χ1v) is 10.9. The summed E-state index contributed by atoms with van der Waals surface area (Å²) >= 11 is 7.57. The molecule has 4 aromatic rings. The second-order valence-corrected chi connectivity index (χ2v) is 8.67. The maximum Gasteiger partial charge on any atom is 0.278 e. The van der Waals surface area contributed by atoms with Crippen molar-refractivity contribution in [2.75, 3.05) is 0 Å². The lowest BCUT2D eigenvalue weighted by molar-refractivity contribution is 0.517. The molecule has 2 aromatic carbocycles. The summed E-state index contributed by atoms with van der Waals surface area (Å²) < 4.78 is 3.68. The van der Waals surface area contributed by atoms with Crippen LogP contribution in [0.4, 0.5) is 0 Å². The van der Waals surface area contributed by atoms with E-state index in [1.54, 1.807) is 16.3 Å². The van der Waals surface area contributed by atoms with Gasteiger partial charge in [0.15, 0.2) is 5.16 Å². The van der Waals surface area contributed by atoms with E-state index in [4.69, 9.17) is 16.6 Å². The SMILES string of the molecule is CC(C)n1c(SCc2ccc(Cl)cc2)nc2c(-c3ccccc3)cn(C)c2c1=O. The van der Waals surface area contributed by atoms with Crippen molar-refractivity contribution in [3.05, 3.63) is 81.7 Å². The van der Waals surface area contributed by atoms with Crippen LogP contribution in [0.25, 0.3) is 22.2 Å². The zero-order chi connectivity index (χ0) is 20.5. The van der Waals surface area contributed by atoms with Crippen LogP contribution >= 0.6 is 23.4 Å². The Bertz CT molecular complexity index is 1210. The number of benzene rings is 2. The van der Waals surface area contributed by atoms with E-state index in [2.05, 4.69) is 0 Å². The second kappa shape index (κ2) is 8.09. The Labute approximate surface area is 179 Å². The van der Waals surface area contributed by atoms with Gasteiger partial charge in [-0.1, -0.05) is 65.8 Å². The molecule has 0 unspecified atom stereocenters. The van der Waals surface area contributed by atoms with Gasteiger partial charge in [0.25, 0.3) is 5.56 Å². The summed E-state index contributed by atoms with van der Waals surface area (Å²) in [6, 6.07) is 17.9. The minimum Gasteiger partial charge on any atom is -0.344 e. The van der Waals surface area contributed by atoms with Crippen LogP contribution in [0.2, 0.25) is 5.02 Å². The Morgan fingerprint density at radius 3 is 2.41 bits per heavy atom. The predicted molar refractivity (Wildman–Crippen MR) is 122 cm³/mol. The highest BCUT2D eigenvalue weighted by atomic mass is 35.5. The van der Waals surface area contributed by atoms with Crippen LogP contribution in [0.15, 0.2) is 70.7 Å². The van der Waals surface area contributed by atoms with Gasteiger partial charge < -0.3 is 4.57 Å². The molecule has 0 aliphatic heterocycles. The van der Waals surface area contributed by atoms with Crippen LogP contribution in [0, 0.1) is 0 Å². The fourth-order valence-electron chi connectivity index (χ4n) is 3.44. The summed E-state index contributed by atoms with van der Waals surface area (Å²) in [5.74, 6) is 0.718. The first kappa shape index (κ1) is 19.8. The number of nitrogens with zero attached hydrogens (tertiary/aromatic N) is 3. The topological polar surface area (TPSA) is 39.8 Å². The van der Waals surface area contributed by atoms with Gasteiger partial charge in [-0.2, -0.15) is 0 Å². The summed E-state index contributed by atoms with van der Waals surface area (Å²) in [6.45, 7) is 4.03. The van der Waals surface area contributed by atoms with Crippen molar-refractivity contribution in [1.82, 2.24) is 14.1 Å². The zero-order valence-electron chi connectivity index (χ0n) is 16.6. The van der Waals surface area contributed by atoms with Gasteiger partial charge in [0.05, 0.1) is 0 Å². The third-order valence-electron chi connectivity index (χ3n) is 4.87. The predicted octanol–water partition coefficient (Wildman–Crippen LogP) is 5.93. The average Bonchev–Trinajstić information content (AvgIpc) is 3.04. The largest absolute Gasteiger partial charge is 0.344 e. The maximum absolute atomic E-state index is 13.4. The van der Waals surface area contributed by atoms with Crippen LogP contribution in [0.1, 0.15) is 25.5 Å². The second-order valence-electron chi connectivity index (χ2n) is 7.30. The van der Waals surface area contributed by atoms with Crippen molar-refractivity contribution in [1.29, 1.82) is 0 Å². The van der Waals surface area contributed by atoms with E-state index < -0.39 is 0 Å². The first-order valence-electron chi connectivity index (χ1n) is 9.50. The number of fused-ring (bicyclic) bond motifs is 1. The molecule has 4 rings (SSSR count). The molecule has 0 radical (unpaired) electrons. The van der Waals surface area contributed by atoms with E-state index in [1.165, 1.54) is 0 Å². The first-order chi connectivity index (χ1) is 14.0. The van der Waals surface area contributed by atoms with Gasteiger partial charge in [-0.25, -0.2) is 4.98 Å². The van der Waals surface area contributed by atoms with Crippen molar-refractivity contribution < 1.29 is 0 Å². The van der Waals surface area contributed by atoms with Gasteiger partial charge in [0.1, 0.15) is 11.0 Å². The number of aryl methyl sites for hydroxylation is 1. The molecular formula is C23H22ClN3OS. The average molecular weight is 424 g/mol. The highest BCUT2D eigenvalue weighted by Gasteiger charge is 2.20. The van der Waals surface area contributed by atoms with Gasteiger partial charge in [-0.05, 0) is 37.1 Å². The molecule has 0 aliphatic rings. The van der Waals surface area contributed by atoms with Gasteiger partial charge >= 0.3 is 0 Å². The summed E-state index contributed by atoms with van der Waals surface area (Å²) in [7, 11) is 1.91. The maximum atomic E-state index is 13.4. The van der Waals surface area contributed by atoms with Crippen molar-refractivity contribution in [3.63, 3.8) is 0 Å². The van der Waals surface area contributed by atoms with E-state index in [1.807, 2.05) is 86.3 Å². The van der Waals surface area contributed by atoms with E-state index in [-0.39, 0.29) is 11.6 Å². The number of halogens is 1. The molecule has 0 amide bonds. The molecule has 0 bridgehead atoms. The standard InChI is InChI=1S/C23H22ClN3OS/c1-15(2)27-22(28)21-20(19(13-26(21)3)17-7-5-4-6-8-17)25-23(27)29-14-16-9-11-18(24)12-10-16/h4-13,15H,14H2,1-3H3. The molecular weight excluding hydrogens is 402 g/mol. The monoisotopic (exact) mass is 423 g/mol. The molecule has 0 atom stereocenters. The van der Waals surface area contributed by atoms with Crippen molar-refractivity contribution in [3.8, 4) is 11.1 Å². The van der Waals surface area contributed by atoms with E-state index in [0.29, 0.717) is 10.5 Å². The lowest BCUT2D eigenvalue weighted by Gasteiger charge is -2.16. The normalized spacial score (nSPS) is 11.5. The number of aromatic nitrogens is 3. The van der Waals surface area contributed by atoms with E-state index in [0.717, 1.165) is 33.1 Å². The number of rotatable bonds is 5. The van der Waals surface area contributed by atoms with Gasteiger partial charge in [0, 0.05) is 35.6 Å². The molecule has 6 heteroatoms. The molecule has 0 saturated heterocycles. The highest BCUT2D eigenvalue weighted by Crippen LogP contribution is 2.31. The molecule has 0 N–H and O–H groups in total. The Hall–Kier alpha value is -2.50. The quantitative estimate of drug-likeness (QED) is 0.295. The number of thioether (sulfide) groups is 1. The van der Waals surface area contributed by atoms with Crippen molar-refractivity contribution >= 4 is 34.4 Å². The Morgan fingerprint density at radius 2 is 1.76 bits per heavy atom. The Kier molecular flexibility index (Phi) is 5.52. The molecule has 2 heterocycles. The minimum atomic E-state index is -0.00622. The van der Waals surface area contributed by atoms with Gasteiger partial charge in [0.2, 0.25) is 0 Å². The lowest BCUT2D eigenvalue weighted by atomic mass is 10.1. The summed E-state index contributed by atoms with van der Waals surface area (Å²) in [5.41, 5.74) is 4.55.